The molecule has 0 fully saturated rings. The topological polar surface area (TPSA) is 63.5 Å². The van der Waals surface area contributed by atoms with Crippen molar-refractivity contribution in [1.82, 2.24) is 20.4 Å². The Hall–Kier alpha value is -2.69. The molecule has 0 radical (unpaired) electrons. The van der Waals surface area contributed by atoms with Gasteiger partial charge in [0.25, 0.3) is 0 Å². The minimum atomic E-state index is -2.86. The molecule has 0 unspecified atom stereocenters. The second kappa shape index (κ2) is 11.3. The molecule has 1 aromatic heterocycles. The molecule has 2 aromatic carbocycles. The van der Waals surface area contributed by atoms with Gasteiger partial charge in [0, 0.05) is 37.5 Å². The number of alkyl halides is 2. The van der Waals surface area contributed by atoms with E-state index in [2.05, 4.69) is 25.5 Å². The fourth-order valence-corrected chi connectivity index (χ4v) is 2.62. The van der Waals surface area contributed by atoms with Crippen LogP contribution in [0.25, 0.3) is 5.69 Å². The fraction of sp³-hybridized carbons (Fsp3) is 0.200. The molecule has 0 bridgehead atoms. The van der Waals surface area contributed by atoms with Crippen LogP contribution in [-0.4, -0.2) is 29.4 Å². The Balaban J connectivity index is 0.00000300. The van der Waals surface area contributed by atoms with E-state index < -0.39 is 6.61 Å². The van der Waals surface area contributed by atoms with Crippen LogP contribution < -0.4 is 15.4 Å². The first-order valence-electron chi connectivity index (χ1n) is 8.72. The summed E-state index contributed by atoms with van der Waals surface area (Å²) < 4.78 is 31.4. The van der Waals surface area contributed by atoms with Crippen LogP contribution >= 0.6 is 24.0 Å². The monoisotopic (exact) mass is 513 g/mol. The number of aromatic nitrogens is 2. The third-order valence-electron chi connectivity index (χ3n) is 3.98. The molecule has 0 saturated heterocycles. The highest BCUT2D eigenvalue weighted by Crippen LogP contribution is 2.19. The van der Waals surface area contributed by atoms with Gasteiger partial charge in [0.05, 0.1) is 11.9 Å². The number of guanidine groups is 1. The van der Waals surface area contributed by atoms with Crippen LogP contribution in [-0.2, 0) is 13.1 Å². The molecule has 2 N–H and O–H groups in total. The average molecular weight is 513 g/mol. The molecular formula is C20H22F2IN5O. The zero-order valence-electron chi connectivity index (χ0n) is 15.8. The lowest BCUT2D eigenvalue weighted by atomic mass is 10.2. The number of rotatable bonds is 7. The predicted octanol–water partition coefficient (Wildman–Crippen LogP) is 3.96. The molecule has 9 heteroatoms. The molecule has 0 spiro atoms. The first-order valence-corrected chi connectivity index (χ1v) is 8.72. The van der Waals surface area contributed by atoms with Crippen molar-refractivity contribution in [3.05, 3.63) is 78.1 Å². The molecule has 6 nitrogen and oxygen atoms in total. The summed E-state index contributed by atoms with van der Waals surface area (Å²) in [6, 6.07) is 16.5. The van der Waals surface area contributed by atoms with Crippen molar-refractivity contribution in [3.63, 3.8) is 0 Å². The van der Waals surface area contributed by atoms with Crippen LogP contribution in [0.15, 0.2) is 72.0 Å². The van der Waals surface area contributed by atoms with Crippen molar-refractivity contribution in [2.24, 2.45) is 4.99 Å². The van der Waals surface area contributed by atoms with E-state index in [4.69, 9.17) is 0 Å². The standard InChI is InChI=1S/C20H21F2N5O.HI/c1-23-20(25-13-16-7-5-6-10-18(16)28-19(21)22)24-11-15-12-26-27(14-15)17-8-3-2-4-9-17;/h2-10,12,14,19H,11,13H2,1H3,(H2,23,24,25);1H. The maximum Gasteiger partial charge on any atom is 0.387 e. The van der Waals surface area contributed by atoms with Crippen molar-refractivity contribution < 1.29 is 13.5 Å². The summed E-state index contributed by atoms with van der Waals surface area (Å²) in [6.07, 6.45) is 3.71. The molecule has 3 rings (SSSR count). The Bertz CT molecular complexity index is 918. The van der Waals surface area contributed by atoms with Crippen LogP contribution in [0, 0.1) is 0 Å². The van der Waals surface area contributed by atoms with E-state index in [1.807, 2.05) is 36.5 Å². The lowest BCUT2D eigenvalue weighted by molar-refractivity contribution is -0.0504. The Labute approximate surface area is 185 Å². The van der Waals surface area contributed by atoms with Crippen LogP contribution in [0.1, 0.15) is 11.1 Å². The van der Waals surface area contributed by atoms with Gasteiger partial charge >= 0.3 is 6.61 Å². The van der Waals surface area contributed by atoms with Crippen LogP contribution in [0.4, 0.5) is 8.78 Å². The zero-order chi connectivity index (χ0) is 19.8. The summed E-state index contributed by atoms with van der Waals surface area (Å²) in [4.78, 5) is 4.15. The highest BCUT2D eigenvalue weighted by Gasteiger charge is 2.09. The molecule has 0 aliphatic carbocycles. The SMILES string of the molecule is CN=C(NCc1cnn(-c2ccccc2)c1)NCc1ccccc1OC(F)F.I. The first-order chi connectivity index (χ1) is 13.7. The molecule has 0 aliphatic heterocycles. The van der Waals surface area contributed by atoms with Crippen LogP contribution in [0.3, 0.4) is 0 Å². The molecule has 29 heavy (non-hydrogen) atoms. The van der Waals surface area contributed by atoms with Gasteiger partial charge in [0.1, 0.15) is 5.75 Å². The Morgan fingerprint density at radius 3 is 2.48 bits per heavy atom. The van der Waals surface area contributed by atoms with Gasteiger partial charge in [-0.15, -0.1) is 24.0 Å². The first kappa shape index (κ1) is 22.6. The van der Waals surface area contributed by atoms with E-state index in [-0.39, 0.29) is 29.7 Å². The second-order valence-corrected chi connectivity index (χ2v) is 5.89. The number of hydrogen-bond acceptors (Lipinski definition) is 3. The zero-order valence-corrected chi connectivity index (χ0v) is 18.1. The van der Waals surface area contributed by atoms with Gasteiger partial charge in [-0.3, -0.25) is 4.99 Å². The number of halogens is 3. The number of nitrogens with zero attached hydrogens (tertiary/aromatic N) is 3. The van der Waals surface area contributed by atoms with Gasteiger partial charge < -0.3 is 15.4 Å². The number of ether oxygens (including phenoxy) is 1. The van der Waals surface area contributed by atoms with Crippen molar-refractivity contribution >= 4 is 29.9 Å². The molecular weight excluding hydrogens is 491 g/mol. The summed E-state index contributed by atoms with van der Waals surface area (Å²) in [7, 11) is 1.64. The molecule has 0 saturated carbocycles. The third kappa shape index (κ3) is 6.70. The Morgan fingerprint density at radius 1 is 1.07 bits per heavy atom. The van der Waals surface area contributed by atoms with Crippen LogP contribution in [0.5, 0.6) is 5.75 Å². The predicted molar refractivity (Wildman–Crippen MR) is 119 cm³/mol. The van der Waals surface area contributed by atoms with Gasteiger partial charge in [-0.25, -0.2) is 4.68 Å². The lowest BCUT2D eigenvalue weighted by Gasteiger charge is -2.14. The van der Waals surface area contributed by atoms with E-state index in [1.54, 1.807) is 36.1 Å². The summed E-state index contributed by atoms with van der Waals surface area (Å²) in [5, 5.41) is 10.6. The van der Waals surface area contributed by atoms with Crippen molar-refractivity contribution in [3.8, 4) is 11.4 Å². The Morgan fingerprint density at radius 2 is 1.76 bits per heavy atom. The van der Waals surface area contributed by atoms with Gasteiger partial charge in [0.2, 0.25) is 0 Å². The molecule has 0 aliphatic rings. The van der Waals surface area contributed by atoms with Gasteiger partial charge in [-0.2, -0.15) is 13.9 Å². The van der Waals surface area contributed by atoms with E-state index in [0.29, 0.717) is 24.6 Å². The lowest BCUT2D eigenvalue weighted by Crippen LogP contribution is -2.36. The maximum absolute atomic E-state index is 12.5. The van der Waals surface area contributed by atoms with Crippen LogP contribution in [0.2, 0.25) is 0 Å². The largest absolute Gasteiger partial charge is 0.434 e. The molecule has 0 atom stereocenters. The van der Waals surface area contributed by atoms with Crippen molar-refractivity contribution in [1.29, 1.82) is 0 Å². The summed E-state index contributed by atoms with van der Waals surface area (Å²) in [6.45, 7) is -2.05. The minimum absolute atomic E-state index is 0. The van der Waals surface area contributed by atoms with E-state index in [9.17, 15) is 8.78 Å². The molecule has 0 amide bonds. The average Bonchev–Trinajstić information content (AvgIpc) is 3.18. The Kier molecular flexibility index (Phi) is 8.84. The van der Waals surface area contributed by atoms with Gasteiger partial charge in [-0.1, -0.05) is 36.4 Å². The number of aliphatic imine (C=N–C) groups is 1. The normalized spacial score (nSPS) is 11.1. The van der Waals surface area contributed by atoms with Crippen molar-refractivity contribution in [2.75, 3.05) is 7.05 Å². The molecule has 154 valence electrons. The van der Waals surface area contributed by atoms with E-state index in [0.717, 1.165) is 11.3 Å². The molecule has 1 heterocycles. The highest BCUT2D eigenvalue weighted by atomic mass is 127. The quantitative estimate of drug-likeness (QED) is 0.286. The summed E-state index contributed by atoms with van der Waals surface area (Å²) >= 11 is 0. The maximum atomic E-state index is 12.5. The van der Waals surface area contributed by atoms with E-state index in [1.165, 1.54) is 6.07 Å². The second-order valence-electron chi connectivity index (χ2n) is 5.89. The van der Waals surface area contributed by atoms with Crippen molar-refractivity contribution in [2.45, 2.75) is 19.7 Å². The summed E-state index contributed by atoms with van der Waals surface area (Å²) in [5.41, 5.74) is 2.57. The molecule has 3 aromatic rings. The van der Waals surface area contributed by atoms with E-state index >= 15 is 0 Å². The van der Waals surface area contributed by atoms with Gasteiger partial charge in [-0.05, 0) is 18.2 Å². The highest BCUT2D eigenvalue weighted by molar-refractivity contribution is 14.0. The summed E-state index contributed by atoms with van der Waals surface area (Å²) in [5.74, 6) is 0.684. The third-order valence-corrected chi connectivity index (χ3v) is 3.98. The number of benzene rings is 2. The number of hydrogen-bond donors (Lipinski definition) is 2. The number of para-hydroxylation sites is 2. The number of nitrogens with one attached hydrogen (secondary N) is 2. The minimum Gasteiger partial charge on any atom is -0.434 e. The smallest absolute Gasteiger partial charge is 0.387 e. The fourth-order valence-electron chi connectivity index (χ4n) is 2.62. The van der Waals surface area contributed by atoms with Gasteiger partial charge in [0.15, 0.2) is 5.96 Å².